The molecule has 0 spiro atoms. The van der Waals surface area contributed by atoms with Crippen molar-refractivity contribution in [3.05, 3.63) is 0 Å². The average molecular weight is 458 g/mol. The Bertz CT molecular complexity index is 604. The standard InChI is InChI=1S/C19H35N3O3S.2ClH/c1-16-5-12-21(13-6-16)14-17-4-3-11-22(15-17)18(23)19(26(2,24)25)7-9-20-10-8-19;;/h16-17,20H,3-15H2,1-2H3;2*1H. The van der Waals surface area contributed by atoms with Gasteiger partial charge >= 0.3 is 0 Å². The van der Waals surface area contributed by atoms with Crippen molar-refractivity contribution >= 4 is 40.6 Å². The SMILES string of the molecule is CC1CCN(CC2CCCN(C(=O)C3(S(C)(=O)=O)CCNCC3)C2)CC1.Cl.Cl. The Labute approximate surface area is 182 Å². The van der Waals surface area contributed by atoms with Crippen molar-refractivity contribution in [2.75, 3.05) is 52.1 Å². The van der Waals surface area contributed by atoms with Gasteiger partial charge in [0.15, 0.2) is 14.6 Å². The molecular weight excluding hydrogens is 421 g/mol. The van der Waals surface area contributed by atoms with E-state index >= 15 is 0 Å². The van der Waals surface area contributed by atoms with E-state index < -0.39 is 14.6 Å². The third-order valence-corrected chi connectivity index (χ3v) is 8.71. The quantitative estimate of drug-likeness (QED) is 0.698. The minimum atomic E-state index is -3.43. The zero-order valence-corrected chi connectivity index (χ0v) is 19.6. The number of nitrogens with one attached hydrogen (secondary N) is 1. The van der Waals surface area contributed by atoms with Gasteiger partial charge in [0, 0.05) is 25.9 Å². The maximum absolute atomic E-state index is 13.3. The number of carbonyl (C=O) groups is 1. The number of piperidine rings is 3. The largest absolute Gasteiger partial charge is 0.341 e. The van der Waals surface area contributed by atoms with Gasteiger partial charge in [0.2, 0.25) is 5.91 Å². The van der Waals surface area contributed by atoms with Gasteiger partial charge in [0.1, 0.15) is 0 Å². The number of likely N-dealkylation sites (tertiary alicyclic amines) is 2. The molecule has 0 saturated carbocycles. The molecule has 3 aliphatic heterocycles. The zero-order chi connectivity index (χ0) is 18.8. The predicted molar refractivity (Wildman–Crippen MR) is 118 cm³/mol. The molecule has 28 heavy (non-hydrogen) atoms. The highest BCUT2D eigenvalue weighted by atomic mass is 35.5. The molecule has 1 unspecified atom stereocenters. The van der Waals surface area contributed by atoms with Crippen LogP contribution in [0.4, 0.5) is 0 Å². The molecule has 3 fully saturated rings. The first kappa shape index (κ1) is 26.0. The molecule has 3 aliphatic rings. The summed E-state index contributed by atoms with van der Waals surface area (Å²) < 4.78 is 23.9. The van der Waals surface area contributed by atoms with E-state index in [-0.39, 0.29) is 30.7 Å². The van der Waals surface area contributed by atoms with Gasteiger partial charge < -0.3 is 15.1 Å². The van der Waals surface area contributed by atoms with Gasteiger partial charge in [-0.2, -0.15) is 0 Å². The van der Waals surface area contributed by atoms with E-state index in [0.717, 1.165) is 44.9 Å². The van der Waals surface area contributed by atoms with Crippen molar-refractivity contribution in [1.29, 1.82) is 0 Å². The van der Waals surface area contributed by atoms with Crippen LogP contribution in [0.5, 0.6) is 0 Å². The summed E-state index contributed by atoms with van der Waals surface area (Å²) in [5, 5.41) is 3.19. The lowest BCUT2D eigenvalue weighted by molar-refractivity contribution is -0.136. The third-order valence-electron chi connectivity index (χ3n) is 6.71. The molecule has 0 aliphatic carbocycles. The summed E-state index contributed by atoms with van der Waals surface area (Å²) in [4.78, 5) is 17.7. The van der Waals surface area contributed by atoms with Crippen LogP contribution in [-0.2, 0) is 14.6 Å². The molecule has 166 valence electrons. The van der Waals surface area contributed by atoms with E-state index in [2.05, 4.69) is 17.1 Å². The molecule has 3 rings (SSSR count). The Hall–Kier alpha value is -0.0800. The Morgan fingerprint density at radius 2 is 1.68 bits per heavy atom. The normalized spacial score (nSPS) is 26.8. The van der Waals surface area contributed by atoms with Crippen molar-refractivity contribution in [1.82, 2.24) is 15.1 Å². The Kier molecular flexibility index (Phi) is 10.0. The fourth-order valence-electron chi connectivity index (χ4n) is 4.87. The number of nitrogens with zero attached hydrogens (tertiary/aromatic N) is 2. The van der Waals surface area contributed by atoms with Crippen LogP contribution in [0.1, 0.15) is 45.4 Å². The maximum Gasteiger partial charge on any atom is 0.244 e. The van der Waals surface area contributed by atoms with Crippen molar-refractivity contribution in [3.8, 4) is 0 Å². The molecule has 1 amide bonds. The number of hydrogen-bond donors (Lipinski definition) is 1. The Balaban J connectivity index is 0.00000196. The third kappa shape index (κ3) is 5.75. The van der Waals surface area contributed by atoms with Crippen LogP contribution < -0.4 is 5.32 Å². The first-order valence-electron chi connectivity index (χ1n) is 10.2. The first-order valence-corrected chi connectivity index (χ1v) is 12.1. The second-order valence-electron chi connectivity index (χ2n) is 8.76. The first-order chi connectivity index (χ1) is 12.3. The van der Waals surface area contributed by atoms with E-state index in [1.165, 1.54) is 19.1 Å². The molecule has 0 aromatic heterocycles. The molecule has 3 saturated heterocycles. The van der Waals surface area contributed by atoms with Crippen LogP contribution in [0.3, 0.4) is 0 Å². The zero-order valence-electron chi connectivity index (χ0n) is 17.2. The van der Waals surface area contributed by atoms with E-state index in [0.29, 0.717) is 38.4 Å². The molecule has 1 N–H and O–H groups in total. The summed E-state index contributed by atoms with van der Waals surface area (Å²) in [5.41, 5.74) is 0. The van der Waals surface area contributed by atoms with Crippen LogP contribution in [0.2, 0.25) is 0 Å². The minimum Gasteiger partial charge on any atom is -0.341 e. The van der Waals surface area contributed by atoms with Crippen molar-refractivity contribution in [2.45, 2.75) is 50.2 Å². The van der Waals surface area contributed by atoms with E-state index in [1.54, 1.807) is 0 Å². The van der Waals surface area contributed by atoms with Crippen LogP contribution in [0, 0.1) is 11.8 Å². The monoisotopic (exact) mass is 457 g/mol. The number of halogens is 2. The van der Waals surface area contributed by atoms with Crippen LogP contribution >= 0.6 is 24.8 Å². The molecule has 1 atom stereocenters. The lowest BCUT2D eigenvalue weighted by atomic mass is 9.91. The van der Waals surface area contributed by atoms with Crippen LogP contribution in [-0.4, -0.2) is 80.9 Å². The highest BCUT2D eigenvalue weighted by molar-refractivity contribution is 7.92. The van der Waals surface area contributed by atoms with Crippen molar-refractivity contribution in [3.63, 3.8) is 0 Å². The topological polar surface area (TPSA) is 69.7 Å². The number of sulfone groups is 1. The van der Waals surface area contributed by atoms with Gasteiger partial charge in [-0.15, -0.1) is 24.8 Å². The Morgan fingerprint density at radius 3 is 2.25 bits per heavy atom. The second kappa shape index (κ2) is 10.8. The summed E-state index contributed by atoms with van der Waals surface area (Å²) >= 11 is 0. The smallest absolute Gasteiger partial charge is 0.244 e. The fourth-order valence-corrected chi connectivity index (χ4v) is 6.26. The second-order valence-corrected chi connectivity index (χ2v) is 11.1. The molecule has 0 radical (unpaired) electrons. The summed E-state index contributed by atoms with van der Waals surface area (Å²) in [6.45, 7) is 8.30. The molecule has 0 aromatic rings. The van der Waals surface area contributed by atoms with Gasteiger partial charge in [-0.05, 0) is 76.5 Å². The summed E-state index contributed by atoms with van der Waals surface area (Å²) in [5.74, 6) is 1.16. The van der Waals surface area contributed by atoms with E-state index in [9.17, 15) is 13.2 Å². The lowest BCUT2D eigenvalue weighted by Crippen LogP contribution is -2.60. The number of carbonyl (C=O) groups excluding carboxylic acids is 1. The summed E-state index contributed by atoms with van der Waals surface area (Å²) in [7, 11) is -3.43. The van der Waals surface area contributed by atoms with Gasteiger partial charge in [-0.3, -0.25) is 4.79 Å². The number of rotatable bonds is 4. The highest BCUT2D eigenvalue weighted by Gasteiger charge is 2.51. The minimum absolute atomic E-state index is 0. The predicted octanol–water partition coefficient (Wildman–Crippen LogP) is 1.97. The summed E-state index contributed by atoms with van der Waals surface area (Å²) in [6.07, 6.45) is 6.69. The molecule has 6 nitrogen and oxygen atoms in total. The molecular formula is C19H37Cl2N3O3S. The molecule has 0 aromatic carbocycles. The van der Waals surface area contributed by atoms with Crippen LogP contribution in [0.25, 0.3) is 0 Å². The van der Waals surface area contributed by atoms with Gasteiger partial charge in [0.25, 0.3) is 0 Å². The van der Waals surface area contributed by atoms with E-state index in [1.807, 2.05) is 4.90 Å². The van der Waals surface area contributed by atoms with Crippen molar-refractivity contribution < 1.29 is 13.2 Å². The van der Waals surface area contributed by atoms with Crippen molar-refractivity contribution in [2.24, 2.45) is 11.8 Å². The van der Waals surface area contributed by atoms with Gasteiger partial charge in [-0.1, -0.05) is 6.92 Å². The fraction of sp³-hybridized carbons (Fsp3) is 0.947. The molecule has 0 bridgehead atoms. The molecule has 9 heteroatoms. The number of amides is 1. The van der Waals surface area contributed by atoms with Gasteiger partial charge in [0.05, 0.1) is 0 Å². The maximum atomic E-state index is 13.3. The van der Waals surface area contributed by atoms with Crippen LogP contribution in [0.15, 0.2) is 0 Å². The average Bonchev–Trinajstić information content (AvgIpc) is 2.63. The number of hydrogen-bond acceptors (Lipinski definition) is 5. The Morgan fingerprint density at radius 1 is 1.07 bits per heavy atom. The lowest BCUT2D eigenvalue weighted by Gasteiger charge is -2.42. The van der Waals surface area contributed by atoms with Gasteiger partial charge in [-0.25, -0.2) is 8.42 Å². The van der Waals surface area contributed by atoms with E-state index in [4.69, 9.17) is 0 Å². The summed E-state index contributed by atoms with van der Waals surface area (Å²) in [6, 6.07) is 0. The molecule has 3 heterocycles. The highest BCUT2D eigenvalue weighted by Crippen LogP contribution is 2.32.